The lowest BCUT2D eigenvalue weighted by atomic mass is 9.81. The minimum atomic E-state index is -1.14. The minimum absolute atomic E-state index is 0.180. The number of ether oxygens (including phenoxy) is 1. The van der Waals surface area contributed by atoms with Crippen LogP contribution >= 0.6 is 0 Å². The summed E-state index contributed by atoms with van der Waals surface area (Å²) in [5, 5.41) is 18.5. The maximum absolute atomic E-state index is 12.5. The van der Waals surface area contributed by atoms with Crippen LogP contribution in [0.25, 0.3) is 6.08 Å². The van der Waals surface area contributed by atoms with Gasteiger partial charge in [0.2, 0.25) is 0 Å². The maximum atomic E-state index is 12.5. The Kier molecular flexibility index (Phi) is 4.45. The maximum Gasteiger partial charge on any atom is 0.412 e. The van der Waals surface area contributed by atoms with E-state index in [0.717, 1.165) is 0 Å². The summed E-state index contributed by atoms with van der Waals surface area (Å²) in [6.45, 7) is 1.49. The Hall–Kier alpha value is -3.23. The van der Waals surface area contributed by atoms with Crippen molar-refractivity contribution in [2.45, 2.75) is 25.4 Å². The number of carbonyl (C=O) groups excluding carboxylic acids is 2. The number of nitrogens with one attached hydrogen (secondary N) is 2. The molecule has 0 aromatic carbocycles. The van der Waals surface area contributed by atoms with Gasteiger partial charge in [-0.1, -0.05) is 13.0 Å². The second kappa shape index (κ2) is 6.58. The van der Waals surface area contributed by atoms with Crippen molar-refractivity contribution in [1.29, 1.82) is 5.41 Å². The highest BCUT2D eigenvalue weighted by atomic mass is 16.5. The van der Waals surface area contributed by atoms with Crippen LogP contribution in [0.1, 0.15) is 19.0 Å². The number of carbonyl (C=O) groups is 3. The van der Waals surface area contributed by atoms with E-state index in [4.69, 9.17) is 10.1 Å². The van der Waals surface area contributed by atoms with E-state index in [1.165, 1.54) is 4.90 Å². The van der Waals surface area contributed by atoms with Crippen LogP contribution in [0, 0.1) is 10.8 Å². The van der Waals surface area contributed by atoms with Crippen LogP contribution in [0.5, 0.6) is 0 Å². The van der Waals surface area contributed by atoms with Gasteiger partial charge >= 0.3 is 12.1 Å². The number of aromatic nitrogens is 1. The van der Waals surface area contributed by atoms with Crippen LogP contribution in [-0.2, 0) is 14.3 Å². The van der Waals surface area contributed by atoms with E-state index in [1.54, 1.807) is 37.4 Å². The zero-order valence-electron chi connectivity index (χ0n) is 14.0. The van der Waals surface area contributed by atoms with Crippen molar-refractivity contribution in [1.82, 2.24) is 15.2 Å². The Morgan fingerprint density at radius 2 is 2.31 bits per heavy atom. The van der Waals surface area contributed by atoms with Crippen LogP contribution in [0.15, 0.2) is 30.0 Å². The molecule has 1 aromatic heterocycles. The molecule has 0 spiro atoms. The van der Waals surface area contributed by atoms with Crippen LogP contribution in [0.4, 0.5) is 4.79 Å². The number of β-lactam (4-membered cyclic amide) rings is 1. The zero-order chi connectivity index (χ0) is 18.9. The first-order valence-electron chi connectivity index (χ1n) is 7.98. The lowest BCUT2D eigenvalue weighted by Gasteiger charge is -2.40. The third kappa shape index (κ3) is 2.92. The lowest BCUT2D eigenvalue weighted by Crippen LogP contribution is -2.58. The number of fused-ring (bicyclic) bond motifs is 1. The number of amides is 2. The number of aliphatic carboxylic acids is 1. The largest absolute Gasteiger partial charge is 0.480 e. The van der Waals surface area contributed by atoms with Crippen LogP contribution < -0.4 is 5.32 Å². The fourth-order valence-corrected chi connectivity index (χ4v) is 3.58. The third-order valence-electron chi connectivity index (χ3n) is 4.72. The molecule has 3 heterocycles. The minimum Gasteiger partial charge on any atom is -0.480 e. The first kappa shape index (κ1) is 17.6. The van der Waals surface area contributed by atoms with Crippen molar-refractivity contribution in [3.63, 3.8) is 0 Å². The Balaban J connectivity index is 1.83. The number of hydrogen-bond acceptors (Lipinski definition) is 6. The average molecular weight is 358 g/mol. The molecule has 9 nitrogen and oxygen atoms in total. The molecule has 3 rings (SSSR count). The van der Waals surface area contributed by atoms with Crippen molar-refractivity contribution in [2.24, 2.45) is 5.41 Å². The summed E-state index contributed by atoms with van der Waals surface area (Å²) < 4.78 is 5.03. The van der Waals surface area contributed by atoms with Gasteiger partial charge in [-0.2, -0.15) is 0 Å². The van der Waals surface area contributed by atoms with Crippen molar-refractivity contribution in [3.05, 3.63) is 35.7 Å². The highest BCUT2D eigenvalue weighted by Gasteiger charge is 2.62. The molecule has 2 aliphatic heterocycles. The normalized spacial score (nSPS) is 28.3. The lowest BCUT2D eigenvalue weighted by molar-refractivity contribution is -0.155. The highest BCUT2D eigenvalue weighted by molar-refractivity contribution is 6.08. The standard InChI is InChI=1S/C17H18N4O5/c1-17(8-26-16(25)20-9-18)7-12-11(6-10-4-2-3-5-19-10)14(22)21(12)13(17)15(23)24/h2-6,9,12-13H,7-8H2,1H3,(H,23,24)(H2,18,20,25)/b11-6+/t12?,13-,17-/m0/s1. The van der Waals surface area contributed by atoms with Gasteiger partial charge in [-0.25, -0.2) is 9.59 Å². The fraction of sp³-hybridized carbons (Fsp3) is 0.353. The molecule has 0 saturated carbocycles. The molecular weight excluding hydrogens is 340 g/mol. The topological polar surface area (TPSA) is 133 Å². The number of carboxylic acids is 1. The molecule has 2 amide bonds. The summed E-state index contributed by atoms with van der Waals surface area (Å²) in [4.78, 5) is 41.2. The van der Waals surface area contributed by atoms with E-state index in [-0.39, 0.29) is 18.6 Å². The number of pyridine rings is 1. The second-order valence-corrected chi connectivity index (χ2v) is 6.55. The van der Waals surface area contributed by atoms with Crippen molar-refractivity contribution < 1.29 is 24.2 Å². The van der Waals surface area contributed by atoms with Crippen molar-refractivity contribution in [2.75, 3.05) is 6.61 Å². The van der Waals surface area contributed by atoms with Gasteiger partial charge in [-0.15, -0.1) is 0 Å². The van der Waals surface area contributed by atoms with Gasteiger partial charge in [0.15, 0.2) is 0 Å². The highest BCUT2D eigenvalue weighted by Crippen LogP contribution is 2.49. The van der Waals surface area contributed by atoms with Crippen molar-refractivity contribution in [3.8, 4) is 0 Å². The molecule has 3 atom stereocenters. The first-order valence-corrected chi connectivity index (χ1v) is 7.98. The summed E-state index contributed by atoms with van der Waals surface area (Å²) in [5.41, 5.74) is 0.186. The van der Waals surface area contributed by atoms with Gasteiger partial charge in [-0.3, -0.25) is 20.5 Å². The van der Waals surface area contributed by atoms with Crippen LogP contribution in [-0.4, -0.2) is 58.0 Å². The van der Waals surface area contributed by atoms with E-state index in [1.807, 2.05) is 0 Å². The molecule has 26 heavy (non-hydrogen) atoms. The van der Waals surface area contributed by atoms with Gasteiger partial charge in [0.25, 0.3) is 5.91 Å². The quantitative estimate of drug-likeness (QED) is 0.310. The zero-order valence-corrected chi connectivity index (χ0v) is 14.0. The summed E-state index contributed by atoms with van der Waals surface area (Å²) in [6.07, 6.45) is 3.47. The Bertz CT molecular complexity index is 794. The molecule has 3 N–H and O–H groups in total. The van der Waals surface area contributed by atoms with E-state index in [0.29, 0.717) is 24.0 Å². The van der Waals surface area contributed by atoms with E-state index < -0.39 is 23.5 Å². The third-order valence-corrected chi connectivity index (χ3v) is 4.72. The summed E-state index contributed by atoms with van der Waals surface area (Å²) in [6, 6.07) is 3.88. The van der Waals surface area contributed by atoms with E-state index >= 15 is 0 Å². The van der Waals surface area contributed by atoms with E-state index in [9.17, 15) is 19.5 Å². The molecule has 1 unspecified atom stereocenters. The number of rotatable bonds is 5. The Morgan fingerprint density at radius 1 is 1.54 bits per heavy atom. The predicted molar refractivity (Wildman–Crippen MR) is 90.3 cm³/mol. The number of nitrogens with zero attached hydrogens (tertiary/aromatic N) is 2. The van der Waals surface area contributed by atoms with Gasteiger partial charge in [0, 0.05) is 17.2 Å². The monoisotopic (exact) mass is 358 g/mol. The van der Waals surface area contributed by atoms with Gasteiger partial charge in [-0.05, 0) is 24.6 Å². The van der Waals surface area contributed by atoms with Gasteiger partial charge in [0.05, 0.1) is 18.1 Å². The molecule has 1 aromatic rings. The summed E-state index contributed by atoms with van der Waals surface area (Å²) >= 11 is 0. The smallest absolute Gasteiger partial charge is 0.412 e. The molecule has 0 aliphatic carbocycles. The molecule has 2 fully saturated rings. The number of carboxylic acid groups (broad SMARTS) is 1. The number of hydrogen-bond donors (Lipinski definition) is 3. The van der Waals surface area contributed by atoms with Gasteiger partial charge < -0.3 is 14.7 Å². The molecule has 136 valence electrons. The molecule has 2 aliphatic rings. The second-order valence-electron chi connectivity index (χ2n) is 6.55. The average Bonchev–Trinajstić information content (AvgIpc) is 2.90. The molecule has 0 radical (unpaired) electrons. The van der Waals surface area contributed by atoms with Crippen LogP contribution in [0.2, 0.25) is 0 Å². The summed E-state index contributed by atoms with van der Waals surface area (Å²) in [7, 11) is 0. The van der Waals surface area contributed by atoms with E-state index in [2.05, 4.69) is 10.3 Å². The molecule has 0 bridgehead atoms. The Labute approximate surface area is 149 Å². The molecule has 9 heteroatoms. The fourth-order valence-electron chi connectivity index (χ4n) is 3.58. The summed E-state index contributed by atoms with van der Waals surface area (Å²) in [5.74, 6) is -1.49. The molecular formula is C17H18N4O5. The SMILES string of the molecule is C[C@@]1(COC(=O)NC=N)CC2/C(=C\c3ccccn3)C(=O)N2[C@H]1C(=O)O. The van der Waals surface area contributed by atoms with Crippen LogP contribution in [0.3, 0.4) is 0 Å². The molecule has 2 saturated heterocycles. The Morgan fingerprint density at radius 3 is 2.92 bits per heavy atom. The van der Waals surface area contributed by atoms with Crippen molar-refractivity contribution >= 4 is 30.4 Å². The first-order chi connectivity index (χ1) is 12.4. The number of alkyl carbamates (subject to hydrolysis) is 1. The van der Waals surface area contributed by atoms with Gasteiger partial charge in [0.1, 0.15) is 12.6 Å². The predicted octanol–water partition coefficient (Wildman–Crippen LogP) is 0.872.